The van der Waals surface area contributed by atoms with E-state index in [0.29, 0.717) is 11.5 Å². The molecule has 0 aromatic carbocycles. The summed E-state index contributed by atoms with van der Waals surface area (Å²) in [7, 11) is 0. The Morgan fingerprint density at radius 3 is 2.76 bits per heavy atom. The molecule has 0 unspecified atom stereocenters. The summed E-state index contributed by atoms with van der Waals surface area (Å²) in [5, 5.41) is 1.82. The number of thiophene rings is 1. The predicted octanol–water partition coefficient (Wildman–Crippen LogP) is 3.44. The van der Waals surface area contributed by atoms with Crippen LogP contribution >= 0.6 is 11.3 Å². The highest BCUT2D eigenvalue weighted by Crippen LogP contribution is 2.11. The molecule has 0 atom stereocenters. The number of hydrogen-bond donors (Lipinski definition) is 0. The van der Waals surface area contributed by atoms with E-state index in [1.807, 2.05) is 5.38 Å². The zero-order chi connectivity index (χ0) is 12.5. The molecule has 0 N–H and O–H groups in total. The van der Waals surface area contributed by atoms with E-state index in [1.165, 1.54) is 11.3 Å². The first-order valence-electron chi connectivity index (χ1n) is 5.96. The maximum absolute atomic E-state index is 11.6. The van der Waals surface area contributed by atoms with Crippen LogP contribution in [0.1, 0.15) is 48.7 Å². The lowest BCUT2D eigenvalue weighted by molar-refractivity contribution is -0.142. The Kier molecular flexibility index (Phi) is 6.55. The highest BCUT2D eigenvalue weighted by molar-refractivity contribution is 7.12. The Bertz CT molecular complexity index is 344. The molecule has 0 aliphatic carbocycles. The lowest BCUT2D eigenvalue weighted by Gasteiger charge is -2.03. The van der Waals surface area contributed by atoms with Crippen molar-refractivity contribution < 1.29 is 14.3 Å². The Morgan fingerprint density at radius 2 is 2.12 bits per heavy atom. The number of ether oxygens (including phenoxy) is 1. The lowest BCUT2D eigenvalue weighted by atomic mass is 10.2. The molecule has 1 aromatic heterocycles. The molecule has 0 aliphatic rings. The fraction of sp³-hybridized carbons (Fsp3) is 0.538. The van der Waals surface area contributed by atoms with Crippen molar-refractivity contribution in [1.82, 2.24) is 0 Å². The standard InChI is InChI=1S/C13H18O3S/c1-2-3-4-5-8-16-13(15)10-11(14)12-7-6-9-17-12/h6-7,9H,2-5,8,10H2,1H3. The summed E-state index contributed by atoms with van der Waals surface area (Å²) in [5.41, 5.74) is 0. The van der Waals surface area contributed by atoms with Gasteiger partial charge >= 0.3 is 5.97 Å². The van der Waals surface area contributed by atoms with Crippen molar-refractivity contribution in [2.24, 2.45) is 0 Å². The molecule has 0 bridgehead atoms. The van der Waals surface area contributed by atoms with Crippen molar-refractivity contribution >= 4 is 23.1 Å². The van der Waals surface area contributed by atoms with Crippen molar-refractivity contribution in [3.8, 4) is 0 Å². The number of hydrogen-bond acceptors (Lipinski definition) is 4. The van der Waals surface area contributed by atoms with Crippen molar-refractivity contribution in [1.29, 1.82) is 0 Å². The maximum atomic E-state index is 11.6. The molecular weight excluding hydrogens is 236 g/mol. The lowest BCUT2D eigenvalue weighted by Crippen LogP contribution is -2.11. The van der Waals surface area contributed by atoms with E-state index in [1.54, 1.807) is 12.1 Å². The van der Waals surface area contributed by atoms with Gasteiger partial charge in [-0.05, 0) is 17.9 Å². The SMILES string of the molecule is CCCCCCOC(=O)CC(=O)c1cccs1. The first-order chi connectivity index (χ1) is 8.24. The van der Waals surface area contributed by atoms with E-state index in [0.717, 1.165) is 25.7 Å². The van der Waals surface area contributed by atoms with Gasteiger partial charge in [0.2, 0.25) is 0 Å². The van der Waals surface area contributed by atoms with Gasteiger partial charge in [-0.1, -0.05) is 32.3 Å². The average Bonchev–Trinajstić information content (AvgIpc) is 2.82. The normalized spacial score (nSPS) is 10.2. The van der Waals surface area contributed by atoms with E-state index in [-0.39, 0.29) is 12.2 Å². The molecule has 94 valence electrons. The van der Waals surface area contributed by atoms with Gasteiger partial charge in [0.1, 0.15) is 6.42 Å². The smallest absolute Gasteiger partial charge is 0.313 e. The zero-order valence-corrected chi connectivity index (χ0v) is 10.9. The molecule has 17 heavy (non-hydrogen) atoms. The third kappa shape index (κ3) is 5.63. The van der Waals surface area contributed by atoms with E-state index >= 15 is 0 Å². The molecule has 1 heterocycles. The number of carbonyl (C=O) groups excluding carboxylic acids is 2. The highest BCUT2D eigenvalue weighted by Gasteiger charge is 2.13. The molecule has 1 rings (SSSR count). The van der Waals surface area contributed by atoms with E-state index < -0.39 is 5.97 Å². The van der Waals surface area contributed by atoms with Crippen molar-refractivity contribution in [2.75, 3.05) is 6.61 Å². The Balaban J connectivity index is 2.15. The van der Waals surface area contributed by atoms with Crippen LogP contribution in [0.25, 0.3) is 0 Å². The molecule has 4 heteroatoms. The van der Waals surface area contributed by atoms with Crippen LogP contribution < -0.4 is 0 Å². The second-order valence-electron chi connectivity index (χ2n) is 3.86. The van der Waals surface area contributed by atoms with Gasteiger partial charge in [-0.3, -0.25) is 9.59 Å². The number of unbranched alkanes of at least 4 members (excludes halogenated alkanes) is 3. The summed E-state index contributed by atoms with van der Waals surface area (Å²) in [6.07, 6.45) is 4.13. The summed E-state index contributed by atoms with van der Waals surface area (Å²) < 4.78 is 5.00. The summed E-state index contributed by atoms with van der Waals surface area (Å²) in [6.45, 7) is 2.56. The van der Waals surface area contributed by atoms with Gasteiger partial charge in [0.25, 0.3) is 0 Å². The summed E-state index contributed by atoms with van der Waals surface area (Å²) in [5.74, 6) is -0.571. The van der Waals surface area contributed by atoms with Crippen LogP contribution in [0.5, 0.6) is 0 Å². The molecule has 0 radical (unpaired) electrons. The van der Waals surface area contributed by atoms with Crippen molar-refractivity contribution in [3.63, 3.8) is 0 Å². The van der Waals surface area contributed by atoms with Crippen LogP contribution in [0, 0.1) is 0 Å². The second-order valence-corrected chi connectivity index (χ2v) is 4.81. The number of ketones is 1. The molecular formula is C13H18O3S. The van der Waals surface area contributed by atoms with Gasteiger partial charge in [-0.2, -0.15) is 0 Å². The van der Waals surface area contributed by atoms with Crippen LogP contribution in [-0.2, 0) is 9.53 Å². The molecule has 0 aliphatic heterocycles. The first-order valence-corrected chi connectivity index (χ1v) is 6.84. The second kappa shape index (κ2) is 8.01. The molecule has 3 nitrogen and oxygen atoms in total. The maximum Gasteiger partial charge on any atom is 0.313 e. The fourth-order valence-corrected chi connectivity index (χ4v) is 2.09. The minimum atomic E-state index is -0.417. The van der Waals surface area contributed by atoms with E-state index in [2.05, 4.69) is 6.92 Å². The zero-order valence-electron chi connectivity index (χ0n) is 10.1. The van der Waals surface area contributed by atoms with Gasteiger partial charge in [-0.25, -0.2) is 0 Å². The Morgan fingerprint density at radius 1 is 1.29 bits per heavy atom. The van der Waals surface area contributed by atoms with Gasteiger partial charge < -0.3 is 4.74 Å². The van der Waals surface area contributed by atoms with Crippen LogP contribution in [-0.4, -0.2) is 18.4 Å². The van der Waals surface area contributed by atoms with E-state index in [9.17, 15) is 9.59 Å². The molecule has 0 saturated heterocycles. The highest BCUT2D eigenvalue weighted by atomic mass is 32.1. The van der Waals surface area contributed by atoms with Gasteiger partial charge in [0.15, 0.2) is 5.78 Å². The van der Waals surface area contributed by atoms with Crippen LogP contribution in [0.2, 0.25) is 0 Å². The quantitative estimate of drug-likeness (QED) is 0.309. The number of rotatable bonds is 8. The van der Waals surface area contributed by atoms with Gasteiger partial charge in [-0.15, -0.1) is 11.3 Å². The number of Topliss-reactive ketones (excluding diaryl/α,β-unsaturated/α-hetero) is 1. The average molecular weight is 254 g/mol. The summed E-state index contributed by atoms with van der Waals surface area (Å²) in [6, 6.07) is 3.52. The van der Waals surface area contributed by atoms with E-state index in [4.69, 9.17) is 4.74 Å². The Hall–Kier alpha value is -1.16. The van der Waals surface area contributed by atoms with Crippen molar-refractivity contribution in [2.45, 2.75) is 39.0 Å². The van der Waals surface area contributed by atoms with Crippen LogP contribution in [0.15, 0.2) is 17.5 Å². The molecule has 0 fully saturated rings. The summed E-state index contributed by atoms with van der Waals surface area (Å²) >= 11 is 1.35. The predicted molar refractivity (Wildman–Crippen MR) is 68.4 cm³/mol. The monoisotopic (exact) mass is 254 g/mol. The number of carbonyl (C=O) groups is 2. The van der Waals surface area contributed by atoms with Gasteiger partial charge in [0, 0.05) is 0 Å². The van der Waals surface area contributed by atoms with Gasteiger partial charge in [0.05, 0.1) is 11.5 Å². The fourth-order valence-electron chi connectivity index (χ4n) is 1.42. The van der Waals surface area contributed by atoms with Crippen LogP contribution in [0.4, 0.5) is 0 Å². The molecule has 0 saturated carbocycles. The molecule has 0 amide bonds. The topological polar surface area (TPSA) is 43.4 Å². The molecule has 1 aromatic rings. The third-order valence-electron chi connectivity index (χ3n) is 2.36. The minimum Gasteiger partial charge on any atom is -0.465 e. The number of esters is 1. The molecule has 0 spiro atoms. The first kappa shape index (κ1) is 13.9. The van der Waals surface area contributed by atoms with Crippen LogP contribution in [0.3, 0.4) is 0 Å². The van der Waals surface area contributed by atoms with Crippen molar-refractivity contribution in [3.05, 3.63) is 22.4 Å². The minimum absolute atomic E-state index is 0.145. The third-order valence-corrected chi connectivity index (χ3v) is 3.27. The summed E-state index contributed by atoms with van der Waals surface area (Å²) in [4.78, 5) is 23.5. The Labute approximate surface area is 106 Å². The largest absolute Gasteiger partial charge is 0.465 e.